The number of rotatable bonds is 4. The van der Waals surface area contributed by atoms with Crippen molar-refractivity contribution < 1.29 is 13.2 Å². The molecule has 0 atom stereocenters. The molecule has 0 aromatic heterocycles. The fraction of sp³-hybridized carbons (Fsp3) is 0.182. The van der Waals surface area contributed by atoms with E-state index in [2.05, 4.69) is 9.71 Å². The number of amidine groups is 1. The van der Waals surface area contributed by atoms with Gasteiger partial charge in [-0.05, 0) is 53.6 Å². The van der Waals surface area contributed by atoms with E-state index in [1.54, 1.807) is 18.2 Å². The van der Waals surface area contributed by atoms with Crippen LogP contribution in [0.3, 0.4) is 0 Å². The summed E-state index contributed by atoms with van der Waals surface area (Å²) in [6, 6.07) is 19.4. The Balaban J connectivity index is 1.51. The molecule has 1 amide bonds. The molecule has 7 heteroatoms. The molecule has 29 heavy (non-hydrogen) atoms. The van der Waals surface area contributed by atoms with Gasteiger partial charge in [0.25, 0.3) is 15.9 Å². The molecule has 0 spiro atoms. The number of carbonyl (C=O) groups is 1. The summed E-state index contributed by atoms with van der Waals surface area (Å²) in [6.45, 7) is 0.814. The molecule has 0 radical (unpaired) electrons. The maximum atomic E-state index is 12.5. The van der Waals surface area contributed by atoms with Crippen molar-refractivity contribution in [3.63, 3.8) is 0 Å². The molecule has 1 aliphatic rings. The standard InChI is InChI=1S/C22H21N3O3S/c1-25-14-4-7-21(25)24-29(27,28)20-12-10-19(11-13-20)23-22(26)18-9-8-16-5-2-3-6-17(16)15-18/h2-3,5-6,8-13,15H,4,7,14H2,1H3,(H,23,26). The Morgan fingerprint density at radius 2 is 1.72 bits per heavy atom. The molecule has 4 rings (SSSR count). The summed E-state index contributed by atoms with van der Waals surface area (Å²) in [5.41, 5.74) is 1.06. The van der Waals surface area contributed by atoms with Crippen LogP contribution in [0.25, 0.3) is 10.8 Å². The number of sulfonamides is 1. The number of hydrogen-bond acceptors (Lipinski definition) is 3. The highest BCUT2D eigenvalue weighted by atomic mass is 32.2. The van der Waals surface area contributed by atoms with Gasteiger partial charge in [-0.1, -0.05) is 30.3 Å². The maximum absolute atomic E-state index is 12.5. The second-order valence-electron chi connectivity index (χ2n) is 7.05. The van der Waals surface area contributed by atoms with E-state index >= 15 is 0 Å². The van der Waals surface area contributed by atoms with Crippen LogP contribution in [0.1, 0.15) is 23.2 Å². The van der Waals surface area contributed by atoms with E-state index in [1.807, 2.05) is 48.3 Å². The lowest BCUT2D eigenvalue weighted by Crippen LogP contribution is -2.20. The zero-order valence-corrected chi connectivity index (χ0v) is 16.8. The minimum atomic E-state index is -3.76. The largest absolute Gasteiger partial charge is 0.362 e. The molecular weight excluding hydrogens is 386 g/mol. The highest BCUT2D eigenvalue weighted by molar-refractivity contribution is 7.90. The van der Waals surface area contributed by atoms with Crippen LogP contribution in [-0.4, -0.2) is 38.7 Å². The molecule has 1 N–H and O–H groups in total. The predicted octanol–water partition coefficient (Wildman–Crippen LogP) is 3.90. The smallest absolute Gasteiger partial charge is 0.283 e. The lowest BCUT2D eigenvalue weighted by Gasteiger charge is -2.11. The van der Waals surface area contributed by atoms with Gasteiger partial charge in [-0.15, -0.1) is 4.40 Å². The summed E-state index contributed by atoms with van der Waals surface area (Å²) >= 11 is 0. The fourth-order valence-corrected chi connectivity index (χ4v) is 4.44. The molecule has 0 saturated carbocycles. The summed E-state index contributed by atoms with van der Waals surface area (Å²) in [5, 5.41) is 4.85. The van der Waals surface area contributed by atoms with Crippen molar-refractivity contribution in [2.24, 2.45) is 4.40 Å². The van der Waals surface area contributed by atoms with Gasteiger partial charge in [-0.2, -0.15) is 8.42 Å². The monoisotopic (exact) mass is 407 g/mol. The molecule has 0 aliphatic carbocycles. The first kappa shape index (κ1) is 19.1. The highest BCUT2D eigenvalue weighted by Crippen LogP contribution is 2.20. The van der Waals surface area contributed by atoms with Gasteiger partial charge in [0.1, 0.15) is 5.84 Å². The normalized spacial score (nSPS) is 15.8. The van der Waals surface area contributed by atoms with Gasteiger partial charge >= 0.3 is 0 Å². The molecular formula is C22H21N3O3S. The molecule has 3 aromatic rings. The number of nitrogens with zero attached hydrogens (tertiary/aromatic N) is 2. The Morgan fingerprint density at radius 3 is 2.41 bits per heavy atom. The van der Waals surface area contributed by atoms with Crippen molar-refractivity contribution in [2.45, 2.75) is 17.7 Å². The average molecular weight is 407 g/mol. The van der Waals surface area contributed by atoms with Crippen molar-refractivity contribution in [3.8, 4) is 0 Å². The molecule has 1 aliphatic heterocycles. The fourth-order valence-electron chi connectivity index (χ4n) is 3.35. The van der Waals surface area contributed by atoms with Crippen molar-refractivity contribution >= 4 is 38.2 Å². The van der Waals surface area contributed by atoms with E-state index in [-0.39, 0.29) is 10.8 Å². The Kier molecular flexibility index (Phi) is 5.07. The number of benzene rings is 3. The first-order valence-corrected chi connectivity index (χ1v) is 10.8. The summed E-state index contributed by atoms with van der Waals surface area (Å²) in [5.74, 6) is 0.331. The minimum absolute atomic E-state index is 0.106. The Morgan fingerprint density at radius 1 is 1.00 bits per heavy atom. The summed E-state index contributed by atoms with van der Waals surface area (Å²) in [7, 11) is -1.92. The van der Waals surface area contributed by atoms with Crippen molar-refractivity contribution in [1.82, 2.24) is 4.90 Å². The van der Waals surface area contributed by atoms with Crippen molar-refractivity contribution in [3.05, 3.63) is 72.3 Å². The Labute approximate surface area is 169 Å². The Bertz CT molecular complexity index is 1200. The molecule has 6 nitrogen and oxygen atoms in total. The number of fused-ring (bicyclic) bond motifs is 1. The van der Waals surface area contributed by atoms with Crippen LogP contribution < -0.4 is 5.32 Å². The third-order valence-corrected chi connectivity index (χ3v) is 6.30. The van der Waals surface area contributed by atoms with E-state index in [9.17, 15) is 13.2 Å². The zero-order chi connectivity index (χ0) is 20.4. The molecule has 0 unspecified atom stereocenters. The van der Waals surface area contributed by atoms with Gasteiger partial charge in [0, 0.05) is 31.3 Å². The second-order valence-corrected chi connectivity index (χ2v) is 8.65. The van der Waals surface area contributed by atoms with Crippen molar-refractivity contribution in [1.29, 1.82) is 0 Å². The summed E-state index contributed by atoms with van der Waals surface area (Å²) in [4.78, 5) is 14.5. The van der Waals surface area contributed by atoms with E-state index in [0.29, 0.717) is 23.5 Å². The number of hydrogen-bond donors (Lipinski definition) is 1. The molecule has 0 bridgehead atoms. The Hall–Kier alpha value is -3.19. The lowest BCUT2D eigenvalue weighted by molar-refractivity contribution is 0.102. The quantitative estimate of drug-likeness (QED) is 0.711. The van der Waals surface area contributed by atoms with Crippen LogP contribution in [0.2, 0.25) is 0 Å². The van der Waals surface area contributed by atoms with Gasteiger partial charge in [-0.25, -0.2) is 0 Å². The van der Waals surface area contributed by atoms with E-state index in [4.69, 9.17) is 0 Å². The third-order valence-electron chi connectivity index (χ3n) is 4.98. The van der Waals surface area contributed by atoms with E-state index in [0.717, 1.165) is 23.7 Å². The second kappa shape index (κ2) is 7.67. The number of amides is 1. The first-order chi connectivity index (χ1) is 13.9. The average Bonchev–Trinajstić information content (AvgIpc) is 3.12. The lowest BCUT2D eigenvalue weighted by atomic mass is 10.1. The van der Waals surface area contributed by atoms with Gasteiger partial charge in [0.15, 0.2) is 0 Å². The van der Waals surface area contributed by atoms with E-state index in [1.165, 1.54) is 12.1 Å². The van der Waals surface area contributed by atoms with Crippen molar-refractivity contribution in [2.75, 3.05) is 18.9 Å². The maximum Gasteiger partial charge on any atom is 0.283 e. The van der Waals surface area contributed by atoms with Crippen LogP contribution >= 0.6 is 0 Å². The number of nitrogens with one attached hydrogen (secondary N) is 1. The highest BCUT2D eigenvalue weighted by Gasteiger charge is 2.20. The molecule has 1 heterocycles. The van der Waals surface area contributed by atoms with Crippen LogP contribution in [0, 0.1) is 0 Å². The molecule has 1 fully saturated rings. The summed E-state index contributed by atoms with van der Waals surface area (Å²) < 4.78 is 29.0. The zero-order valence-electron chi connectivity index (χ0n) is 16.0. The van der Waals surface area contributed by atoms with Crippen LogP contribution in [0.4, 0.5) is 5.69 Å². The number of likely N-dealkylation sites (tertiary alicyclic amines) is 1. The van der Waals surface area contributed by atoms with Gasteiger partial charge in [0.05, 0.1) is 4.90 Å². The topological polar surface area (TPSA) is 78.8 Å². The van der Waals surface area contributed by atoms with Crippen LogP contribution in [0.5, 0.6) is 0 Å². The third kappa shape index (κ3) is 4.14. The summed E-state index contributed by atoms with van der Waals surface area (Å²) in [6.07, 6.45) is 1.57. The number of anilines is 1. The minimum Gasteiger partial charge on any atom is -0.362 e. The van der Waals surface area contributed by atoms with Crippen LogP contribution in [-0.2, 0) is 10.0 Å². The number of carbonyl (C=O) groups excluding carboxylic acids is 1. The first-order valence-electron chi connectivity index (χ1n) is 9.38. The van der Waals surface area contributed by atoms with Crippen LogP contribution in [0.15, 0.2) is 76.0 Å². The molecule has 3 aromatic carbocycles. The molecule has 148 valence electrons. The van der Waals surface area contributed by atoms with Gasteiger partial charge in [-0.3, -0.25) is 4.79 Å². The van der Waals surface area contributed by atoms with Gasteiger partial charge < -0.3 is 10.2 Å². The van der Waals surface area contributed by atoms with Gasteiger partial charge in [0.2, 0.25) is 0 Å². The van der Waals surface area contributed by atoms with E-state index < -0.39 is 10.0 Å². The molecule has 1 saturated heterocycles. The SMILES string of the molecule is CN1CCCC1=NS(=O)(=O)c1ccc(NC(=O)c2ccc3ccccc3c2)cc1. The predicted molar refractivity (Wildman–Crippen MR) is 115 cm³/mol.